The minimum Gasteiger partial charge on any atom is -0.456 e. The lowest BCUT2D eigenvalue weighted by Gasteiger charge is -2.37. The van der Waals surface area contributed by atoms with Crippen molar-refractivity contribution >= 4 is 49.8 Å². The number of ether oxygens (including phenoxy) is 2. The van der Waals surface area contributed by atoms with Crippen LogP contribution in [0.2, 0.25) is 5.02 Å². The number of aromatic amines is 1. The number of anilines is 2. The normalized spacial score (nSPS) is 15.2. The minimum absolute atomic E-state index is 0.00971. The van der Waals surface area contributed by atoms with Gasteiger partial charge in [-0.2, -0.15) is 0 Å². The van der Waals surface area contributed by atoms with E-state index in [0.717, 1.165) is 123 Å². The predicted molar refractivity (Wildman–Crippen MR) is 254 cm³/mol. The lowest BCUT2D eigenvalue weighted by molar-refractivity contribution is 0.0699. The molecular weight excluding hydrogens is 832 g/mol. The van der Waals surface area contributed by atoms with Crippen LogP contribution >= 0.6 is 11.6 Å². The highest BCUT2D eigenvalue weighted by atomic mass is 35.5. The number of nitrogens with one attached hydrogen (secondary N) is 3. The molecule has 0 spiro atoms. The first-order valence-corrected chi connectivity index (χ1v) is 23.7. The number of amides is 1. The van der Waals surface area contributed by atoms with Crippen LogP contribution in [-0.2, 0) is 27.7 Å². The number of aryl methyl sites for hydroxylation is 2. The molecule has 1 aromatic heterocycles. The summed E-state index contributed by atoms with van der Waals surface area (Å²) < 4.78 is 41.9. The second-order valence-electron chi connectivity index (χ2n) is 16.9. The number of fused-ring (bicyclic) bond motifs is 1. The van der Waals surface area contributed by atoms with Crippen LogP contribution in [0.3, 0.4) is 0 Å². The van der Waals surface area contributed by atoms with Crippen molar-refractivity contribution in [1.29, 1.82) is 0 Å². The van der Waals surface area contributed by atoms with Gasteiger partial charge in [0.2, 0.25) is 0 Å². The summed E-state index contributed by atoms with van der Waals surface area (Å²) in [5, 5.41) is 5.03. The van der Waals surface area contributed by atoms with Gasteiger partial charge in [0.1, 0.15) is 11.5 Å². The van der Waals surface area contributed by atoms with Gasteiger partial charge in [-0.1, -0.05) is 48.0 Å². The lowest BCUT2D eigenvalue weighted by Crippen LogP contribution is -2.46. The van der Waals surface area contributed by atoms with E-state index in [1.807, 2.05) is 61.7 Å². The van der Waals surface area contributed by atoms with Crippen molar-refractivity contribution in [3.05, 3.63) is 137 Å². The van der Waals surface area contributed by atoms with Crippen LogP contribution in [0, 0.1) is 12.8 Å². The number of sulfonamides is 1. The van der Waals surface area contributed by atoms with E-state index in [9.17, 15) is 13.2 Å². The summed E-state index contributed by atoms with van der Waals surface area (Å²) in [5.41, 5.74) is 8.62. The van der Waals surface area contributed by atoms with Gasteiger partial charge in [-0.05, 0) is 148 Å². The number of carbonyl (C=O) groups excluding carboxylic acids is 1. The zero-order valence-corrected chi connectivity index (χ0v) is 37.9. The number of nitrogens with zero attached hydrogens (tertiary/aromatic N) is 3. The van der Waals surface area contributed by atoms with Gasteiger partial charge in [-0.3, -0.25) is 9.69 Å². The van der Waals surface area contributed by atoms with Crippen LogP contribution in [0.1, 0.15) is 46.3 Å². The van der Waals surface area contributed by atoms with Crippen LogP contribution < -0.4 is 19.7 Å². The fourth-order valence-electron chi connectivity index (χ4n) is 8.62. The third-order valence-corrected chi connectivity index (χ3v) is 13.8. The first-order chi connectivity index (χ1) is 30.5. The highest BCUT2D eigenvalue weighted by Crippen LogP contribution is 2.36. The quantitative estimate of drug-likeness (QED) is 0.0874. The number of hydrogen-bond acceptors (Lipinski definition) is 9. The maximum Gasteiger partial charge on any atom is 0.268 e. The summed E-state index contributed by atoms with van der Waals surface area (Å²) >= 11 is 6.29. The molecule has 2 aliphatic heterocycles. The average molecular weight is 890 g/mol. The fraction of sp³-hybridized carbons (Fsp3) is 0.340. The molecule has 0 unspecified atom stereocenters. The zero-order valence-electron chi connectivity index (χ0n) is 36.3. The van der Waals surface area contributed by atoms with Crippen molar-refractivity contribution in [2.24, 2.45) is 5.92 Å². The Bertz CT molecular complexity index is 2640. The third kappa shape index (κ3) is 10.9. The molecule has 0 bridgehead atoms. The Labute approximate surface area is 376 Å². The van der Waals surface area contributed by atoms with E-state index in [2.05, 4.69) is 74.1 Å². The molecule has 0 radical (unpaired) electrons. The molecule has 63 heavy (non-hydrogen) atoms. The molecule has 1 amide bonds. The Morgan fingerprint density at radius 2 is 1.68 bits per heavy atom. The van der Waals surface area contributed by atoms with Gasteiger partial charge in [-0.15, -0.1) is 0 Å². The molecule has 2 aliphatic rings. The molecule has 0 saturated carbocycles. The topological polar surface area (TPSA) is 119 Å². The van der Waals surface area contributed by atoms with Crippen LogP contribution in [0.25, 0.3) is 22.0 Å². The smallest absolute Gasteiger partial charge is 0.268 e. The third-order valence-electron chi connectivity index (χ3n) is 12.2. The van der Waals surface area contributed by atoms with Gasteiger partial charge in [0, 0.05) is 92.0 Å². The first kappa shape index (κ1) is 44.2. The number of hydrogen-bond donors (Lipinski definition) is 3. The molecule has 3 N–H and O–H groups in total. The van der Waals surface area contributed by atoms with E-state index in [1.54, 1.807) is 18.2 Å². The van der Waals surface area contributed by atoms with E-state index < -0.39 is 15.9 Å². The Morgan fingerprint density at radius 1 is 0.905 bits per heavy atom. The van der Waals surface area contributed by atoms with Gasteiger partial charge < -0.3 is 29.6 Å². The Balaban J connectivity index is 1.00. The lowest BCUT2D eigenvalue weighted by atomic mass is 9.92. The molecule has 2 saturated heterocycles. The first-order valence-electron chi connectivity index (χ1n) is 21.9. The molecule has 3 heterocycles. The van der Waals surface area contributed by atoms with Crippen LogP contribution in [0.5, 0.6) is 11.5 Å². The van der Waals surface area contributed by atoms with Crippen molar-refractivity contribution in [2.75, 3.05) is 76.8 Å². The molecule has 8 rings (SSSR count). The minimum atomic E-state index is -4.22. The molecular formula is C50H57ClN6O5S. The van der Waals surface area contributed by atoms with Crippen molar-refractivity contribution in [3.8, 4) is 22.6 Å². The standard InChI is InChI=1S/C50H57ClN6O5S/c1-35-31-41(17-19-46(35)53-33-36-21-29-61-30-22-36)63(59,60)54-50(58)44-18-16-40(32-49(44)62-48-11-5-10-47-43(48)20-23-52-47)57-27-25-56(26-28-57)34-45-37(8-6-24-55(2)3)7-4-9-42(45)38-12-14-39(51)15-13-38/h4-5,7,9-20,23,31-32,36,52-53H,6,8,21-22,24-30,33-34H2,1-3H3,(H,54,58). The van der Waals surface area contributed by atoms with E-state index in [4.69, 9.17) is 21.1 Å². The Morgan fingerprint density at radius 3 is 2.44 bits per heavy atom. The van der Waals surface area contributed by atoms with Gasteiger partial charge >= 0.3 is 0 Å². The maximum absolute atomic E-state index is 14.0. The number of H-pyrrole nitrogens is 1. The summed E-state index contributed by atoms with van der Waals surface area (Å²) in [6.07, 6.45) is 5.89. The summed E-state index contributed by atoms with van der Waals surface area (Å²) in [6, 6.07) is 32.6. The molecule has 0 atom stereocenters. The molecule has 5 aromatic carbocycles. The second-order valence-corrected chi connectivity index (χ2v) is 19.1. The van der Waals surface area contributed by atoms with Crippen LogP contribution in [0.15, 0.2) is 114 Å². The van der Waals surface area contributed by atoms with E-state index in [1.165, 1.54) is 22.8 Å². The maximum atomic E-state index is 14.0. The molecule has 330 valence electrons. The summed E-state index contributed by atoms with van der Waals surface area (Å²) in [6.45, 7) is 9.19. The van der Waals surface area contributed by atoms with Crippen molar-refractivity contribution in [2.45, 2.75) is 44.0 Å². The molecule has 2 fully saturated rings. The zero-order chi connectivity index (χ0) is 43.9. The second kappa shape index (κ2) is 20.0. The highest BCUT2D eigenvalue weighted by Gasteiger charge is 2.26. The Kier molecular flexibility index (Phi) is 14.0. The van der Waals surface area contributed by atoms with Gasteiger partial charge in [0.25, 0.3) is 15.9 Å². The largest absolute Gasteiger partial charge is 0.456 e. The molecule has 11 nitrogen and oxygen atoms in total. The van der Waals surface area contributed by atoms with Crippen molar-refractivity contribution < 1.29 is 22.7 Å². The summed E-state index contributed by atoms with van der Waals surface area (Å²) in [4.78, 5) is 24.3. The number of aromatic nitrogens is 1. The number of halogens is 1. The summed E-state index contributed by atoms with van der Waals surface area (Å²) in [5.74, 6) is 0.540. The van der Waals surface area contributed by atoms with E-state index in [0.29, 0.717) is 11.7 Å². The predicted octanol–water partition coefficient (Wildman–Crippen LogP) is 9.36. The number of piperazine rings is 1. The molecule has 13 heteroatoms. The van der Waals surface area contributed by atoms with Gasteiger partial charge in [-0.25, -0.2) is 13.1 Å². The Hall–Kier alpha value is -5.37. The summed E-state index contributed by atoms with van der Waals surface area (Å²) in [7, 11) is 0.00600. The van der Waals surface area contributed by atoms with Crippen molar-refractivity contribution in [1.82, 2.24) is 19.5 Å². The van der Waals surface area contributed by atoms with Gasteiger partial charge in [0.15, 0.2) is 0 Å². The van der Waals surface area contributed by atoms with Crippen LogP contribution in [0.4, 0.5) is 11.4 Å². The molecule has 0 aliphatic carbocycles. The number of carbonyl (C=O) groups is 1. The van der Waals surface area contributed by atoms with E-state index in [-0.39, 0.29) is 16.2 Å². The van der Waals surface area contributed by atoms with Gasteiger partial charge in [0.05, 0.1) is 10.5 Å². The SMILES string of the molecule is Cc1cc(S(=O)(=O)NC(=O)c2ccc(N3CCN(Cc4c(CCCN(C)C)cccc4-c4ccc(Cl)cc4)CC3)cc2Oc2cccc3[nH]ccc23)ccc1NCC1CCOCC1. The van der Waals surface area contributed by atoms with E-state index >= 15 is 0 Å². The van der Waals surface area contributed by atoms with Crippen LogP contribution in [-0.4, -0.2) is 95.7 Å². The number of rotatable bonds is 16. The molecule has 6 aromatic rings. The number of benzene rings is 5. The average Bonchev–Trinajstić information content (AvgIpc) is 3.77. The fourth-order valence-corrected chi connectivity index (χ4v) is 9.79. The highest BCUT2D eigenvalue weighted by molar-refractivity contribution is 7.90. The monoisotopic (exact) mass is 888 g/mol. The van der Waals surface area contributed by atoms with Crippen molar-refractivity contribution in [3.63, 3.8) is 0 Å².